The minimum Gasteiger partial charge on any atom is -0.377 e. The van der Waals surface area contributed by atoms with E-state index in [1.54, 1.807) is 0 Å². The lowest BCUT2D eigenvalue weighted by Crippen LogP contribution is -2.69. The summed E-state index contributed by atoms with van der Waals surface area (Å²) in [5.41, 5.74) is 1.35. The van der Waals surface area contributed by atoms with Gasteiger partial charge in [0.15, 0.2) is 0 Å². The van der Waals surface area contributed by atoms with Gasteiger partial charge in [0.25, 0.3) is 0 Å². The van der Waals surface area contributed by atoms with Crippen molar-refractivity contribution in [1.82, 2.24) is 10.3 Å². The zero-order valence-electron chi connectivity index (χ0n) is 12.1. The van der Waals surface area contributed by atoms with Crippen LogP contribution in [0.25, 0.3) is 0 Å². The van der Waals surface area contributed by atoms with Gasteiger partial charge in [-0.1, -0.05) is 19.9 Å². The van der Waals surface area contributed by atoms with Crippen LogP contribution in [0.3, 0.4) is 0 Å². The first kappa shape index (κ1) is 13.1. The molecule has 3 unspecified atom stereocenters. The Hall–Kier alpha value is -0.930. The van der Waals surface area contributed by atoms with Gasteiger partial charge in [0.2, 0.25) is 0 Å². The van der Waals surface area contributed by atoms with Crippen LogP contribution in [0.15, 0.2) is 24.4 Å². The quantitative estimate of drug-likeness (QED) is 0.907. The van der Waals surface area contributed by atoms with Gasteiger partial charge in [0.1, 0.15) is 0 Å². The highest BCUT2D eigenvalue weighted by atomic mass is 16.5. The van der Waals surface area contributed by atoms with Crippen LogP contribution in [-0.2, 0) is 4.74 Å². The van der Waals surface area contributed by atoms with E-state index in [-0.39, 0.29) is 5.41 Å². The molecule has 1 aliphatic carbocycles. The second-order valence-electron chi connectivity index (χ2n) is 6.54. The smallest absolute Gasteiger partial charge is 0.0684 e. The fraction of sp³-hybridized carbons (Fsp3) is 0.688. The predicted octanol–water partition coefficient (Wildman–Crippen LogP) is 2.94. The van der Waals surface area contributed by atoms with Crippen LogP contribution in [0, 0.1) is 11.3 Å². The van der Waals surface area contributed by atoms with E-state index >= 15 is 0 Å². The van der Waals surface area contributed by atoms with Crippen molar-refractivity contribution in [3.8, 4) is 0 Å². The molecule has 3 nitrogen and oxygen atoms in total. The molecule has 1 aliphatic heterocycles. The average Bonchev–Trinajstić information content (AvgIpc) is 2.45. The summed E-state index contributed by atoms with van der Waals surface area (Å²) in [7, 11) is 0. The molecule has 4 atom stereocenters. The van der Waals surface area contributed by atoms with Crippen molar-refractivity contribution in [1.29, 1.82) is 0 Å². The lowest BCUT2D eigenvalue weighted by Gasteiger charge is -2.60. The Morgan fingerprint density at radius 3 is 3.00 bits per heavy atom. The molecule has 104 valence electrons. The maximum absolute atomic E-state index is 5.95. The zero-order valence-corrected chi connectivity index (χ0v) is 12.1. The van der Waals surface area contributed by atoms with E-state index in [2.05, 4.69) is 43.2 Å². The molecule has 1 aromatic heterocycles. The summed E-state index contributed by atoms with van der Waals surface area (Å²) in [6.45, 7) is 7.78. The number of hydrogen-bond acceptors (Lipinski definition) is 3. The molecule has 3 heteroatoms. The molecule has 0 bridgehead atoms. The largest absolute Gasteiger partial charge is 0.377 e. The van der Waals surface area contributed by atoms with Crippen molar-refractivity contribution in [3.63, 3.8) is 0 Å². The molecule has 1 saturated carbocycles. The van der Waals surface area contributed by atoms with E-state index in [9.17, 15) is 0 Å². The number of nitrogens with zero attached hydrogens (tertiary/aromatic N) is 1. The van der Waals surface area contributed by atoms with Crippen molar-refractivity contribution >= 4 is 0 Å². The van der Waals surface area contributed by atoms with Crippen LogP contribution in [0.5, 0.6) is 0 Å². The van der Waals surface area contributed by atoms with Crippen LogP contribution in [-0.4, -0.2) is 23.7 Å². The third kappa shape index (κ3) is 2.19. The number of pyridine rings is 1. The van der Waals surface area contributed by atoms with Gasteiger partial charge < -0.3 is 10.1 Å². The normalized spacial score (nSPS) is 34.2. The number of hydrogen-bond donors (Lipinski definition) is 1. The Balaban J connectivity index is 1.69. The molecular formula is C16H24N2O. The number of ether oxygens (including phenoxy) is 1. The molecule has 1 saturated heterocycles. The second-order valence-corrected chi connectivity index (χ2v) is 6.54. The summed E-state index contributed by atoms with van der Waals surface area (Å²) in [6.07, 6.45) is 4.80. The molecule has 3 rings (SSSR count). The number of aromatic nitrogens is 1. The molecule has 2 aliphatic rings. The van der Waals surface area contributed by atoms with Gasteiger partial charge in [0, 0.05) is 36.2 Å². The Bertz CT molecular complexity index is 432. The van der Waals surface area contributed by atoms with Gasteiger partial charge in [-0.2, -0.15) is 0 Å². The summed E-state index contributed by atoms with van der Waals surface area (Å²) in [4.78, 5) is 4.45. The molecule has 1 N–H and O–H groups in total. The minimum atomic E-state index is 0.230. The average molecular weight is 260 g/mol. The number of rotatable bonds is 3. The van der Waals surface area contributed by atoms with E-state index in [0.29, 0.717) is 24.1 Å². The first-order valence-electron chi connectivity index (χ1n) is 7.39. The van der Waals surface area contributed by atoms with Crippen LogP contribution >= 0.6 is 0 Å². The van der Waals surface area contributed by atoms with Gasteiger partial charge in [-0.15, -0.1) is 0 Å². The monoisotopic (exact) mass is 260 g/mol. The van der Waals surface area contributed by atoms with Gasteiger partial charge in [-0.25, -0.2) is 0 Å². The molecule has 19 heavy (non-hydrogen) atoms. The summed E-state index contributed by atoms with van der Waals surface area (Å²) >= 11 is 0. The fourth-order valence-corrected chi connectivity index (χ4v) is 3.85. The molecule has 0 amide bonds. The van der Waals surface area contributed by atoms with E-state index in [0.717, 1.165) is 12.3 Å². The third-order valence-corrected chi connectivity index (χ3v) is 4.89. The maximum Gasteiger partial charge on any atom is 0.0684 e. The number of nitrogens with one attached hydrogen (secondary N) is 1. The molecule has 0 radical (unpaired) electrons. The van der Waals surface area contributed by atoms with Crippen LogP contribution in [0.1, 0.15) is 45.3 Å². The molecule has 2 heterocycles. The zero-order chi connectivity index (χ0) is 13.5. The van der Waals surface area contributed by atoms with Crippen molar-refractivity contribution in [2.45, 2.75) is 51.8 Å². The maximum atomic E-state index is 5.95. The second kappa shape index (κ2) is 4.88. The SMILES string of the molecule is C[C@@H](NC1C2CCCOC2C1(C)C)c1ccccn1. The van der Waals surface area contributed by atoms with E-state index in [4.69, 9.17) is 4.74 Å². The summed E-state index contributed by atoms with van der Waals surface area (Å²) in [5, 5.41) is 3.78. The first-order valence-corrected chi connectivity index (χ1v) is 7.39. The third-order valence-electron chi connectivity index (χ3n) is 4.89. The van der Waals surface area contributed by atoms with Crippen molar-refractivity contribution < 1.29 is 4.74 Å². The lowest BCUT2D eigenvalue weighted by molar-refractivity contribution is -0.194. The highest BCUT2D eigenvalue weighted by Crippen LogP contribution is 2.51. The fourth-order valence-electron chi connectivity index (χ4n) is 3.85. The molecule has 0 aromatic carbocycles. The standard InChI is InChI=1S/C16H24N2O/c1-11(13-8-4-5-9-17-13)18-14-12-7-6-10-19-15(12)16(14,2)3/h4-5,8-9,11-12,14-15,18H,6-7,10H2,1-3H3/t11-,12?,14?,15?/m1/s1. The molecule has 0 spiro atoms. The van der Waals surface area contributed by atoms with Gasteiger partial charge in [-0.05, 0) is 31.9 Å². The van der Waals surface area contributed by atoms with E-state index in [1.807, 2.05) is 12.3 Å². The van der Waals surface area contributed by atoms with Crippen molar-refractivity contribution in [3.05, 3.63) is 30.1 Å². The first-order chi connectivity index (χ1) is 9.10. The Morgan fingerprint density at radius 1 is 1.42 bits per heavy atom. The van der Waals surface area contributed by atoms with Crippen molar-refractivity contribution in [2.24, 2.45) is 11.3 Å². The van der Waals surface area contributed by atoms with Gasteiger partial charge in [-0.3, -0.25) is 4.98 Å². The molecule has 2 fully saturated rings. The van der Waals surface area contributed by atoms with Crippen LogP contribution < -0.4 is 5.32 Å². The summed E-state index contributed by atoms with van der Waals surface area (Å²) in [6, 6.07) is 6.95. The minimum absolute atomic E-state index is 0.230. The van der Waals surface area contributed by atoms with Crippen LogP contribution in [0.2, 0.25) is 0 Å². The van der Waals surface area contributed by atoms with E-state index < -0.39 is 0 Å². The van der Waals surface area contributed by atoms with Gasteiger partial charge >= 0.3 is 0 Å². The Morgan fingerprint density at radius 2 is 2.26 bits per heavy atom. The number of fused-ring (bicyclic) bond motifs is 1. The highest BCUT2D eigenvalue weighted by molar-refractivity contribution is 5.14. The highest BCUT2D eigenvalue weighted by Gasteiger charge is 2.57. The predicted molar refractivity (Wildman–Crippen MR) is 75.8 cm³/mol. The van der Waals surface area contributed by atoms with Crippen molar-refractivity contribution in [2.75, 3.05) is 6.61 Å². The lowest BCUT2D eigenvalue weighted by atomic mass is 9.55. The van der Waals surface area contributed by atoms with E-state index in [1.165, 1.54) is 12.8 Å². The Kier molecular flexibility index (Phi) is 3.35. The molecular weight excluding hydrogens is 236 g/mol. The molecule has 1 aromatic rings. The topological polar surface area (TPSA) is 34.1 Å². The summed E-state index contributed by atoms with van der Waals surface area (Å²) in [5.74, 6) is 0.676. The van der Waals surface area contributed by atoms with Gasteiger partial charge in [0.05, 0.1) is 11.8 Å². The Labute approximate surface area is 115 Å². The summed E-state index contributed by atoms with van der Waals surface area (Å²) < 4.78 is 5.95. The van der Waals surface area contributed by atoms with Crippen LogP contribution in [0.4, 0.5) is 0 Å².